The van der Waals surface area contributed by atoms with Gasteiger partial charge in [0.1, 0.15) is 0 Å². The number of aliphatic hydroxyl groups is 1. The van der Waals surface area contributed by atoms with E-state index in [9.17, 15) is 36.2 Å². The fourth-order valence-corrected chi connectivity index (χ4v) is 5.64. The summed E-state index contributed by atoms with van der Waals surface area (Å²) in [5.41, 5.74) is -1.97. The van der Waals surface area contributed by atoms with Crippen molar-refractivity contribution in [2.75, 3.05) is 13.7 Å². The summed E-state index contributed by atoms with van der Waals surface area (Å²) >= 11 is 1.21. The van der Waals surface area contributed by atoms with Crippen molar-refractivity contribution in [2.45, 2.75) is 43.9 Å². The largest absolute Gasteiger partial charge is 0.416 e. The molecule has 2 aliphatic heterocycles. The van der Waals surface area contributed by atoms with Gasteiger partial charge in [-0.15, -0.1) is 0 Å². The summed E-state index contributed by atoms with van der Waals surface area (Å²) in [7, 11) is 1.82. The van der Waals surface area contributed by atoms with Crippen LogP contribution >= 0.6 is 11.8 Å². The Hall–Kier alpha value is -3.36. The van der Waals surface area contributed by atoms with Crippen LogP contribution in [0.5, 0.6) is 0 Å². The molecule has 0 aliphatic carbocycles. The van der Waals surface area contributed by atoms with Crippen molar-refractivity contribution in [3.63, 3.8) is 0 Å². The van der Waals surface area contributed by atoms with Crippen LogP contribution in [0.2, 0.25) is 0 Å². The minimum Gasteiger partial charge on any atom is -0.395 e. The number of aromatic nitrogens is 2. The maximum Gasteiger partial charge on any atom is 0.416 e. The number of aliphatic hydroxyl groups excluding tert-OH is 1. The van der Waals surface area contributed by atoms with E-state index in [1.54, 1.807) is 24.3 Å². The second-order valence-electron chi connectivity index (χ2n) is 9.55. The average Bonchev–Trinajstić information content (AvgIpc) is 3.62. The van der Waals surface area contributed by atoms with Gasteiger partial charge in [0.25, 0.3) is 5.91 Å². The third kappa shape index (κ3) is 5.74. The van der Waals surface area contributed by atoms with Gasteiger partial charge in [-0.2, -0.15) is 36.4 Å². The average molecular weight is 584 g/mol. The Labute approximate surface area is 228 Å². The first-order valence-corrected chi connectivity index (χ1v) is 13.0. The summed E-state index contributed by atoms with van der Waals surface area (Å²) in [6, 6.07) is 6.56. The number of carbonyl (C=O) groups is 1. The minimum atomic E-state index is -4.98. The molecular formula is C26H23F6N5O2S. The molecule has 1 amide bonds. The fourth-order valence-electron chi connectivity index (χ4n) is 4.72. The van der Waals surface area contributed by atoms with E-state index in [2.05, 4.69) is 15.4 Å². The predicted octanol–water partition coefficient (Wildman–Crippen LogP) is 5.09. The van der Waals surface area contributed by atoms with Gasteiger partial charge >= 0.3 is 12.4 Å². The zero-order chi connectivity index (χ0) is 28.8. The summed E-state index contributed by atoms with van der Waals surface area (Å²) < 4.78 is 81.0. The monoisotopic (exact) mass is 583 g/mol. The lowest BCUT2D eigenvalue weighted by Crippen LogP contribution is -2.44. The summed E-state index contributed by atoms with van der Waals surface area (Å²) in [5.74, 6) is -0.402. The van der Waals surface area contributed by atoms with E-state index in [0.29, 0.717) is 32.6 Å². The number of carbonyl (C=O) groups excluding carboxylic acids is 1. The Morgan fingerprint density at radius 2 is 1.90 bits per heavy atom. The number of halogens is 6. The second kappa shape index (κ2) is 10.6. The van der Waals surface area contributed by atoms with Gasteiger partial charge in [0.05, 0.1) is 47.1 Å². The number of nitrogens with one attached hydrogen (secondary N) is 1. The zero-order valence-electron chi connectivity index (χ0n) is 20.9. The van der Waals surface area contributed by atoms with Crippen LogP contribution in [0.4, 0.5) is 26.3 Å². The number of fused-ring (bicyclic) bond motifs is 1. The van der Waals surface area contributed by atoms with Crippen molar-refractivity contribution in [1.29, 1.82) is 0 Å². The van der Waals surface area contributed by atoms with E-state index in [1.165, 1.54) is 22.6 Å². The van der Waals surface area contributed by atoms with Crippen molar-refractivity contribution in [2.24, 2.45) is 4.99 Å². The number of aliphatic imine (C=N–C) groups is 1. The topological polar surface area (TPSA) is 82.8 Å². The molecule has 2 aromatic carbocycles. The minimum absolute atomic E-state index is 0.00267. The molecule has 5 rings (SSSR count). The first-order chi connectivity index (χ1) is 18.8. The second-order valence-corrected chi connectivity index (χ2v) is 10.6. The standard InChI is InChI=1S/C26H23F6N5O2S/c1-36(22-7-5-18(13-38)34-22)24-35-23(39)21(40-24)9-14-2-6-20-16(8-14)11-33-37(20)12-15-3-4-17(25(27,28)29)10-19(15)26(30,31)32/h2-4,6,8-11,18,22,34,38H,5,7,12-13H2,1H3/b21-9-/t18-,22?/m0/s1. The van der Waals surface area contributed by atoms with Crippen LogP contribution in [0.1, 0.15) is 35.1 Å². The highest BCUT2D eigenvalue weighted by Crippen LogP contribution is 2.38. The van der Waals surface area contributed by atoms with E-state index in [1.807, 2.05) is 11.9 Å². The number of amides is 1. The summed E-state index contributed by atoms with van der Waals surface area (Å²) in [4.78, 5) is 19.0. The number of thioether (sulfide) groups is 1. The number of hydrogen-bond acceptors (Lipinski definition) is 6. The van der Waals surface area contributed by atoms with Crippen LogP contribution in [-0.2, 0) is 23.7 Å². The smallest absolute Gasteiger partial charge is 0.395 e. The van der Waals surface area contributed by atoms with E-state index < -0.39 is 29.4 Å². The van der Waals surface area contributed by atoms with Gasteiger partial charge in [-0.1, -0.05) is 12.1 Å². The molecule has 1 fully saturated rings. The molecule has 14 heteroatoms. The highest BCUT2D eigenvalue weighted by atomic mass is 32.2. The zero-order valence-corrected chi connectivity index (χ0v) is 21.7. The summed E-state index contributed by atoms with van der Waals surface area (Å²) in [6.45, 7) is -0.359. The lowest BCUT2D eigenvalue weighted by atomic mass is 10.0. The maximum absolute atomic E-state index is 13.6. The predicted molar refractivity (Wildman–Crippen MR) is 138 cm³/mol. The van der Waals surface area contributed by atoms with Gasteiger partial charge in [0.2, 0.25) is 0 Å². The molecule has 3 aromatic rings. The number of benzene rings is 2. The van der Waals surface area contributed by atoms with E-state index in [4.69, 9.17) is 0 Å². The SMILES string of the molecule is CN(C1=NC(=O)/C(=C/c2ccc3c(cnn3Cc3ccc(C(F)(F)F)cc3C(F)(F)F)c2)S1)C1CC[C@@H](CO)N1. The molecule has 40 heavy (non-hydrogen) atoms. The normalized spacial score (nSPS) is 21.1. The third-order valence-corrected chi connectivity index (χ3v) is 7.92. The molecule has 212 valence electrons. The molecule has 0 saturated carbocycles. The fraction of sp³-hybridized carbons (Fsp3) is 0.346. The van der Waals surface area contributed by atoms with E-state index in [-0.39, 0.29) is 37.0 Å². The molecule has 1 unspecified atom stereocenters. The molecule has 7 nitrogen and oxygen atoms in total. The molecule has 2 N–H and O–H groups in total. The highest BCUT2D eigenvalue weighted by Gasteiger charge is 2.38. The van der Waals surface area contributed by atoms with Crippen LogP contribution in [0, 0.1) is 0 Å². The molecule has 1 aromatic heterocycles. The third-order valence-electron chi connectivity index (χ3n) is 6.84. The van der Waals surface area contributed by atoms with Gasteiger partial charge < -0.3 is 10.0 Å². The van der Waals surface area contributed by atoms with Crippen molar-refractivity contribution in [3.8, 4) is 0 Å². The van der Waals surface area contributed by atoms with Crippen LogP contribution in [0.15, 0.2) is 52.5 Å². The van der Waals surface area contributed by atoms with Crippen molar-refractivity contribution in [1.82, 2.24) is 20.0 Å². The Kier molecular flexibility index (Phi) is 7.44. The first kappa shape index (κ1) is 28.2. The number of alkyl halides is 6. The quantitative estimate of drug-likeness (QED) is 0.322. The van der Waals surface area contributed by atoms with E-state index in [0.717, 1.165) is 18.9 Å². The number of hydrogen-bond donors (Lipinski definition) is 2. The molecule has 2 atom stereocenters. The summed E-state index contributed by atoms with van der Waals surface area (Å²) in [5, 5.41) is 17.9. The Morgan fingerprint density at radius 3 is 2.58 bits per heavy atom. The Morgan fingerprint density at radius 1 is 1.12 bits per heavy atom. The van der Waals surface area contributed by atoms with Gasteiger partial charge in [-0.25, -0.2) is 0 Å². The Bertz CT molecular complexity index is 1510. The highest BCUT2D eigenvalue weighted by molar-refractivity contribution is 8.18. The first-order valence-electron chi connectivity index (χ1n) is 12.2. The van der Waals surface area contributed by atoms with Crippen molar-refractivity contribution < 1.29 is 36.2 Å². The Balaban J connectivity index is 1.35. The lowest BCUT2D eigenvalue weighted by Gasteiger charge is -2.26. The van der Waals surface area contributed by atoms with Crippen LogP contribution in [-0.4, -0.2) is 56.7 Å². The van der Waals surface area contributed by atoms with Crippen LogP contribution < -0.4 is 5.32 Å². The lowest BCUT2D eigenvalue weighted by molar-refractivity contribution is -0.143. The molecule has 0 bridgehead atoms. The van der Waals surface area contributed by atoms with Gasteiger partial charge in [-0.05, 0) is 66.1 Å². The number of nitrogens with zero attached hydrogens (tertiary/aromatic N) is 4. The molecule has 0 spiro atoms. The molecule has 0 radical (unpaired) electrons. The van der Waals surface area contributed by atoms with E-state index >= 15 is 0 Å². The van der Waals surface area contributed by atoms with Gasteiger partial charge in [-0.3, -0.25) is 14.8 Å². The van der Waals surface area contributed by atoms with Gasteiger partial charge in [0, 0.05) is 18.5 Å². The molecule has 2 aliphatic rings. The summed E-state index contributed by atoms with van der Waals surface area (Å²) in [6.07, 6.45) is -5.23. The molecular weight excluding hydrogens is 560 g/mol. The van der Waals surface area contributed by atoms with Gasteiger partial charge in [0.15, 0.2) is 5.17 Å². The van der Waals surface area contributed by atoms with Crippen LogP contribution in [0.3, 0.4) is 0 Å². The number of amidine groups is 1. The molecule has 3 heterocycles. The number of rotatable bonds is 5. The van der Waals surface area contributed by atoms with Crippen molar-refractivity contribution in [3.05, 3.63) is 69.8 Å². The van der Waals surface area contributed by atoms with Crippen LogP contribution in [0.25, 0.3) is 17.0 Å². The maximum atomic E-state index is 13.6. The molecule has 1 saturated heterocycles. The van der Waals surface area contributed by atoms with Crippen molar-refractivity contribution >= 4 is 39.8 Å².